The lowest BCUT2D eigenvalue weighted by atomic mass is 9.48. The van der Waals surface area contributed by atoms with Gasteiger partial charge in [0, 0.05) is 30.0 Å². The minimum atomic E-state index is 0.149. The van der Waals surface area contributed by atoms with Gasteiger partial charge in [0.2, 0.25) is 5.91 Å². The Labute approximate surface area is 169 Å². The molecule has 6 rings (SSSR count). The van der Waals surface area contributed by atoms with E-state index in [1.807, 2.05) is 12.1 Å². The number of pyridine rings is 1. The van der Waals surface area contributed by atoms with Crippen LogP contribution in [0.15, 0.2) is 18.3 Å². The fourth-order valence-corrected chi connectivity index (χ4v) is 8.11. The monoisotopic (exact) mass is 433 g/mol. The maximum atomic E-state index is 13.0. The van der Waals surface area contributed by atoms with Gasteiger partial charge in [-0.05, 0) is 67.9 Å². The number of nitrogens with one attached hydrogen (secondary N) is 1. The molecule has 1 aliphatic heterocycles. The summed E-state index contributed by atoms with van der Waals surface area (Å²) in [7, 11) is 0. The summed E-state index contributed by atoms with van der Waals surface area (Å²) in [5.41, 5.74) is 1.03. The highest BCUT2D eigenvalue weighted by atomic mass is 79.9. The number of morpholine rings is 1. The first-order valence-corrected chi connectivity index (χ1v) is 11.1. The topological polar surface area (TPSA) is 54.5 Å². The molecule has 4 aliphatic carbocycles. The lowest BCUT2D eigenvalue weighted by Gasteiger charge is -2.60. The van der Waals surface area contributed by atoms with E-state index in [1.165, 1.54) is 32.1 Å². The first-order chi connectivity index (χ1) is 13.0. The van der Waals surface area contributed by atoms with Crippen LogP contribution in [0.5, 0.6) is 0 Å². The minimum absolute atomic E-state index is 0.149. The molecule has 5 nitrogen and oxygen atoms in total. The number of alkyl halides is 1. The Morgan fingerprint density at radius 2 is 2.00 bits per heavy atom. The average Bonchev–Trinajstić information content (AvgIpc) is 2.60. The van der Waals surface area contributed by atoms with E-state index in [2.05, 4.69) is 31.1 Å². The predicted octanol–water partition coefficient (Wildman–Crippen LogP) is 3.98. The highest BCUT2D eigenvalue weighted by Crippen LogP contribution is 2.65. The third kappa shape index (κ3) is 3.51. The number of rotatable bonds is 4. The van der Waals surface area contributed by atoms with Gasteiger partial charge < -0.3 is 15.0 Å². The van der Waals surface area contributed by atoms with E-state index < -0.39 is 0 Å². The molecule has 4 saturated carbocycles. The van der Waals surface area contributed by atoms with Gasteiger partial charge in [-0.1, -0.05) is 15.9 Å². The Kier molecular flexibility index (Phi) is 4.47. The summed E-state index contributed by atoms with van der Waals surface area (Å²) in [6.07, 6.45) is 10.0. The molecular weight excluding hydrogens is 406 g/mol. The number of carbonyl (C=O) groups is 1. The van der Waals surface area contributed by atoms with E-state index in [1.54, 1.807) is 6.20 Å². The van der Waals surface area contributed by atoms with Crippen molar-refractivity contribution in [3.8, 4) is 0 Å². The van der Waals surface area contributed by atoms with Crippen LogP contribution in [0.1, 0.15) is 44.9 Å². The van der Waals surface area contributed by atoms with Gasteiger partial charge in [-0.25, -0.2) is 4.98 Å². The van der Waals surface area contributed by atoms with E-state index in [4.69, 9.17) is 4.74 Å². The van der Waals surface area contributed by atoms with Gasteiger partial charge in [0.1, 0.15) is 0 Å². The lowest BCUT2D eigenvalue weighted by molar-refractivity contribution is -0.123. The number of nitrogens with zero attached hydrogens (tertiary/aromatic N) is 2. The van der Waals surface area contributed by atoms with E-state index in [9.17, 15) is 4.79 Å². The lowest BCUT2D eigenvalue weighted by Crippen LogP contribution is -2.53. The van der Waals surface area contributed by atoms with Gasteiger partial charge in [-0.3, -0.25) is 4.79 Å². The summed E-state index contributed by atoms with van der Waals surface area (Å²) < 4.78 is 5.75. The van der Waals surface area contributed by atoms with Crippen LogP contribution < -0.4 is 10.2 Å². The fraction of sp³-hybridized carbons (Fsp3) is 0.714. The smallest absolute Gasteiger partial charge is 0.225 e. The maximum Gasteiger partial charge on any atom is 0.225 e. The molecule has 1 amide bonds. The molecule has 1 N–H and O–H groups in total. The largest absolute Gasteiger partial charge is 0.378 e. The molecule has 1 aromatic heterocycles. The molecule has 0 radical (unpaired) electrons. The Bertz CT molecular complexity index is 720. The first-order valence-electron chi connectivity index (χ1n) is 10.3. The van der Waals surface area contributed by atoms with Crippen LogP contribution in [0.3, 0.4) is 0 Å². The van der Waals surface area contributed by atoms with Crippen molar-refractivity contribution in [2.24, 2.45) is 17.3 Å². The Morgan fingerprint density at radius 1 is 1.26 bits per heavy atom. The van der Waals surface area contributed by atoms with Gasteiger partial charge in [-0.15, -0.1) is 0 Å². The van der Waals surface area contributed by atoms with Crippen molar-refractivity contribution in [1.29, 1.82) is 0 Å². The van der Waals surface area contributed by atoms with Crippen LogP contribution in [0.2, 0.25) is 0 Å². The molecule has 2 atom stereocenters. The standard InChI is InChI=1S/C21H28BrN3O2/c22-21-11-15-8-16(12-21)10-20(9-15,14-21)13-18(26)24-17-2-1-3-23-19(17)25-4-6-27-7-5-25/h1-3,15-16H,4-14H2,(H,24,26). The van der Waals surface area contributed by atoms with Crippen molar-refractivity contribution in [2.45, 2.75) is 49.3 Å². The zero-order chi connectivity index (χ0) is 18.5. The third-order valence-corrected chi connectivity index (χ3v) is 7.95. The highest BCUT2D eigenvalue weighted by molar-refractivity contribution is 9.10. The third-order valence-electron chi connectivity index (χ3n) is 7.02. The summed E-state index contributed by atoms with van der Waals surface area (Å²) in [6, 6.07) is 3.87. The molecule has 0 aromatic carbocycles. The number of halogens is 1. The second-order valence-electron chi connectivity index (χ2n) is 9.31. The van der Waals surface area contributed by atoms with Gasteiger partial charge in [0.05, 0.1) is 18.9 Å². The van der Waals surface area contributed by atoms with E-state index in [0.717, 1.165) is 42.9 Å². The summed E-state index contributed by atoms with van der Waals surface area (Å²) in [5.74, 6) is 2.63. The average molecular weight is 434 g/mol. The number of amides is 1. The Hall–Kier alpha value is -1.14. The molecule has 2 unspecified atom stereocenters. The zero-order valence-electron chi connectivity index (χ0n) is 15.8. The van der Waals surface area contributed by atoms with Crippen LogP contribution >= 0.6 is 15.9 Å². The van der Waals surface area contributed by atoms with Gasteiger partial charge in [0.15, 0.2) is 5.82 Å². The maximum absolute atomic E-state index is 13.0. The van der Waals surface area contributed by atoms with Crippen molar-refractivity contribution < 1.29 is 9.53 Å². The first kappa shape index (κ1) is 17.9. The SMILES string of the molecule is O=C(CC12CC3CC(CC(Br)(C3)C1)C2)Nc1cccnc1N1CCOCC1. The number of anilines is 2. The van der Waals surface area contributed by atoms with Crippen molar-refractivity contribution >= 4 is 33.3 Å². The molecule has 5 fully saturated rings. The van der Waals surface area contributed by atoms with Crippen LogP contribution in [0.25, 0.3) is 0 Å². The highest BCUT2D eigenvalue weighted by Gasteiger charge is 2.57. The number of hydrogen-bond acceptors (Lipinski definition) is 4. The van der Waals surface area contributed by atoms with Gasteiger partial charge >= 0.3 is 0 Å². The molecule has 1 aromatic rings. The predicted molar refractivity (Wildman–Crippen MR) is 109 cm³/mol. The molecule has 6 heteroatoms. The second kappa shape index (κ2) is 6.73. The molecule has 4 bridgehead atoms. The molecular formula is C21H28BrN3O2. The quantitative estimate of drug-likeness (QED) is 0.729. The van der Waals surface area contributed by atoms with Gasteiger partial charge in [-0.2, -0.15) is 0 Å². The van der Waals surface area contributed by atoms with Crippen LogP contribution in [0.4, 0.5) is 11.5 Å². The summed E-state index contributed by atoms with van der Waals surface area (Å²) in [6.45, 7) is 3.06. The molecule has 1 saturated heterocycles. The van der Waals surface area contributed by atoms with Crippen molar-refractivity contribution in [1.82, 2.24) is 4.98 Å². The summed E-state index contributed by atoms with van der Waals surface area (Å²) in [5, 5.41) is 3.20. The molecule has 2 heterocycles. The van der Waals surface area contributed by atoms with E-state index in [-0.39, 0.29) is 11.3 Å². The van der Waals surface area contributed by atoms with Crippen LogP contribution in [0, 0.1) is 17.3 Å². The number of ether oxygens (including phenoxy) is 1. The van der Waals surface area contributed by atoms with Crippen LogP contribution in [-0.4, -0.2) is 41.5 Å². The minimum Gasteiger partial charge on any atom is -0.378 e. The molecule has 0 spiro atoms. The second-order valence-corrected chi connectivity index (χ2v) is 11.0. The zero-order valence-corrected chi connectivity index (χ0v) is 17.3. The molecule has 27 heavy (non-hydrogen) atoms. The Morgan fingerprint density at radius 3 is 2.70 bits per heavy atom. The number of hydrogen-bond donors (Lipinski definition) is 1. The van der Waals surface area contributed by atoms with Gasteiger partial charge in [0.25, 0.3) is 0 Å². The van der Waals surface area contributed by atoms with Crippen molar-refractivity contribution in [2.75, 3.05) is 36.5 Å². The normalized spacial score (nSPS) is 37.4. The van der Waals surface area contributed by atoms with E-state index in [0.29, 0.717) is 24.0 Å². The van der Waals surface area contributed by atoms with Crippen molar-refractivity contribution in [3.05, 3.63) is 18.3 Å². The van der Waals surface area contributed by atoms with Crippen molar-refractivity contribution in [3.63, 3.8) is 0 Å². The van der Waals surface area contributed by atoms with Crippen LogP contribution in [-0.2, 0) is 9.53 Å². The summed E-state index contributed by atoms with van der Waals surface area (Å²) in [4.78, 5) is 19.8. The summed E-state index contributed by atoms with van der Waals surface area (Å²) >= 11 is 4.05. The fourth-order valence-electron chi connectivity index (χ4n) is 6.60. The number of carbonyl (C=O) groups excluding carboxylic acids is 1. The molecule has 146 valence electrons. The Balaban J connectivity index is 1.30. The number of aromatic nitrogens is 1. The van der Waals surface area contributed by atoms with E-state index >= 15 is 0 Å². The molecule has 5 aliphatic rings.